The highest BCUT2D eigenvalue weighted by atomic mass is 17.2. The molecule has 0 bridgehead atoms. The molecule has 3 rings (SSSR count). The van der Waals surface area contributed by atoms with Gasteiger partial charge in [0.25, 0.3) is 0 Å². The molecule has 0 N–H and O–H groups in total. The second kappa shape index (κ2) is 8.52. The van der Waals surface area contributed by atoms with Crippen molar-refractivity contribution < 1.29 is 24.0 Å². The highest BCUT2D eigenvalue weighted by Crippen LogP contribution is 2.34. The SMILES string of the molecule is COOCc1c(OC)cc(-n2nncc2-c2ccc(OC)cc2)cc1OC. The summed E-state index contributed by atoms with van der Waals surface area (Å²) in [5.74, 6) is 1.97. The molecular weight excluding hydrogens is 350 g/mol. The minimum absolute atomic E-state index is 0.186. The van der Waals surface area contributed by atoms with E-state index < -0.39 is 0 Å². The minimum Gasteiger partial charge on any atom is -0.497 e. The lowest BCUT2D eigenvalue weighted by atomic mass is 10.1. The van der Waals surface area contributed by atoms with Crippen molar-refractivity contribution in [3.8, 4) is 34.2 Å². The maximum absolute atomic E-state index is 5.51. The Morgan fingerprint density at radius 1 is 0.889 bits per heavy atom. The Labute approximate surface area is 157 Å². The van der Waals surface area contributed by atoms with Gasteiger partial charge in [0.15, 0.2) is 0 Å². The van der Waals surface area contributed by atoms with Crippen LogP contribution in [-0.4, -0.2) is 43.4 Å². The summed E-state index contributed by atoms with van der Waals surface area (Å²) in [7, 11) is 6.25. The summed E-state index contributed by atoms with van der Waals surface area (Å²) < 4.78 is 17.9. The van der Waals surface area contributed by atoms with Crippen LogP contribution in [0.15, 0.2) is 42.6 Å². The molecule has 0 aliphatic carbocycles. The fourth-order valence-electron chi connectivity index (χ4n) is 2.74. The van der Waals surface area contributed by atoms with E-state index >= 15 is 0 Å². The van der Waals surface area contributed by atoms with E-state index in [0.29, 0.717) is 11.5 Å². The lowest BCUT2D eigenvalue weighted by Gasteiger charge is -2.15. The number of hydrogen-bond donors (Lipinski definition) is 0. The molecule has 1 heterocycles. The van der Waals surface area contributed by atoms with Gasteiger partial charge in [0.05, 0.1) is 51.6 Å². The van der Waals surface area contributed by atoms with Gasteiger partial charge in [-0.05, 0) is 24.3 Å². The molecule has 0 spiro atoms. The molecule has 0 unspecified atom stereocenters. The third kappa shape index (κ3) is 3.86. The predicted molar refractivity (Wildman–Crippen MR) is 98.2 cm³/mol. The second-order valence-corrected chi connectivity index (χ2v) is 5.52. The zero-order valence-corrected chi connectivity index (χ0v) is 15.6. The number of ether oxygens (including phenoxy) is 3. The summed E-state index contributed by atoms with van der Waals surface area (Å²) in [6, 6.07) is 11.4. The number of rotatable bonds is 8. The summed E-state index contributed by atoms with van der Waals surface area (Å²) in [5.41, 5.74) is 3.25. The molecule has 0 fully saturated rings. The first-order valence-electron chi connectivity index (χ1n) is 8.17. The zero-order chi connectivity index (χ0) is 19.2. The number of methoxy groups -OCH3 is 3. The molecule has 142 valence electrons. The summed E-state index contributed by atoms with van der Waals surface area (Å²) in [4.78, 5) is 9.74. The Balaban J connectivity index is 2.05. The van der Waals surface area contributed by atoms with Gasteiger partial charge in [-0.1, -0.05) is 5.21 Å². The number of aromatic nitrogens is 3. The van der Waals surface area contributed by atoms with Gasteiger partial charge >= 0.3 is 0 Å². The van der Waals surface area contributed by atoms with Gasteiger partial charge in [0.1, 0.15) is 23.9 Å². The Morgan fingerprint density at radius 3 is 2.11 bits per heavy atom. The van der Waals surface area contributed by atoms with Crippen LogP contribution >= 0.6 is 0 Å². The molecule has 0 aliphatic heterocycles. The maximum atomic E-state index is 5.51. The summed E-state index contributed by atoms with van der Waals surface area (Å²) in [6.07, 6.45) is 1.70. The van der Waals surface area contributed by atoms with Gasteiger partial charge in [-0.15, -0.1) is 5.10 Å². The lowest BCUT2D eigenvalue weighted by molar-refractivity contribution is -0.282. The molecule has 0 amide bonds. The number of hydrogen-bond acceptors (Lipinski definition) is 7. The average molecular weight is 371 g/mol. The van der Waals surface area contributed by atoms with Crippen LogP contribution in [0.1, 0.15) is 5.56 Å². The third-order valence-corrected chi connectivity index (χ3v) is 4.09. The molecule has 3 aromatic rings. The van der Waals surface area contributed by atoms with Crippen LogP contribution in [0, 0.1) is 0 Å². The van der Waals surface area contributed by atoms with Crippen LogP contribution < -0.4 is 14.2 Å². The van der Waals surface area contributed by atoms with E-state index in [0.717, 1.165) is 28.3 Å². The third-order valence-electron chi connectivity index (χ3n) is 4.09. The van der Waals surface area contributed by atoms with Crippen molar-refractivity contribution >= 4 is 0 Å². The van der Waals surface area contributed by atoms with Crippen LogP contribution in [0.4, 0.5) is 0 Å². The van der Waals surface area contributed by atoms with Crippen molar-refractivity contribution in [1.82, 2.24) is 15.0 Å². The molecule has 0 radical (unpaired) electrons. The fourth-order valence-corrected chi connectivity index (χ4v) is 2.74. The van der Waals surface area contributed by atoms with E-state index in [2.05, 4.69) is 10.3 Å². The number of benzene rings is 2. The number of nitrogens with zero attached hydrogens (tertiary/aromatic N) is 3. The quantitative estimate of drug-likeness (QED) is 0.445. The van der Waals surface area contributed by atoms with Crippen molar-refractivity contribution in [2.24, 2.45) is 0 Å². The van der Waals surface area contributed by atoms with Crippen LogP contribution in [0.5, 0.6) is 17.2 Å². The highest BCUT2D eigenvalue weighted by Gasteiger charge is 2.17. The summed E-state index contributed by atoms with van der Waals surface area (Å²) >= 11 is 0. The summed E-state index contributed by atoms with van der Waals surface area (Å²) in [5, 5.41) is 8.27. The molecule has 0 saturated carbocycles. The first-order chi connectivity index (χ1) is 13.2. The Bertz CT molecular complexity index is 868. The van der Waals surface area contributed by atoms with Crippen molar-refractivity contribution in [1.29, 1.82) is 0 Å². The van der Waals surface area contributed by atoms with Crippen LogP contribution in [-0.2, 0) is 16.4 Å². The van der Waals surface area contributed by atoms with E-state index in [1.807, 2.05) is 36.4 Å². The van der Waals surface area contributed by atoms with Gasteiger partial charge in [0, 0.05) is 17.7 Å². The standard InChI is InChI=1S/C19H21N3O5/c1-23-15-7-5-13(6-8-15)17-11-20-21-22(17)14-9-18(24-2)16(12-27-26-4)19(10-14)25-3/h5-11H,12H2,1-4H3. The fraction of sp³-hybridized carbons (Fsp3) is 0.263. The van der Waals surface area contributed by atoms with Crippen molar-refractivity contribution in [3.63, 3.8) is 0 Å². The zero-order valence-electron chi connectivity index (χ0n) is 15.6. The van der Waals surface area contributed by atoms with Crippen LogP contribution in [0.2, 0.25) is 0 Å². The van der Waals surface area contributed by atoms with E-state index in [4.69, 9.17) is 24.0 Å². The first kappa shape index (κ1) is 18.7. The average Bonchev–Trinajstić information content (AvgIpc) is 3.21. The van der Waals surface area contributed by atoms with Crippen molar-refractivity contribution in [2.45, 2.75) is 6.61 Å². The van der Waals surface area contributed by atoms with E-state index in [-0.39, 0.29) is 6.61 Å². The Hall–Kier alpha value is -3.10. The van der Waals surface area contributed by atoms with Gasteiger partial charge in [-0.3, -0.25) is 0 Å². The maximum Gasteiger partial charge on any atom is 0.130 e. The van der Waals surface area contributed by atoms with Crippen molar-refractivity contribution in [3.05, 3.63) is 48.2 Å². The van der Waals surface area contributed by atoms with Gasteiger partial charge in [-0.2, -0.15) is 0 Å². The molecule has 0 saturated heterocycles. The van der Waals surface area contributed by atoms with E-state index in [1.54, 1.807) is 32.2 Å². The molecule has 8 nitrogen and oxygen atoms in total. The second-order valence-electron chi connectivity index (χ2n) is 5.52. The Kier molecular flexibility index (Phi) is 5.90. The van der Waals surface area contributed by atoms with Gasteiger partial charge in [-0.25, -0.2) is 14.5 Å². The minimum atomic E-state index is 0.186. The van der Waals surface area contributed by atoms with E-state index in [1.165, 1.54) is 7.11 Å². The van der Waals surface area contributed by atoms with E-state index in [9.17, 15) is 0 Å². The van der Waals surface area contributed by atoms with Gasteiger partial charge < -0.3 is 14.2 Å². The Morgan fingerprint density at radius 2 is 1.56 bits per heavy atom. The normalized spacial score (nSPS) is 10.7. The van der Waals surface area contributed by atoms with Crippen LogP contribution in [0.3, 0.4) is 0 Å². The molecular formula is C19H21N3O5. The predicted octanol–water partition coefficient (Wildman–Crippen LogP) is 3.04. The van der Waals surface area contributed by atoms with Crippen LogP contribution in [0.25, 0.3) is 16.9 Å². The monoisotopic (exact) mass is 371 g/mol. The molecule has 0 aliphatic rings. The van der Waals surface area contributed by atoms with Gasteiger partial charge in [0.2, 0.25) is 0 Å². The molecule has 8 heteroatoms. The molecule has 2 aromatic carbocycles. The highest BCUT2D eigenvalue weighted by molar-refractivity contribution is 5.63. The topological polar surface area (TPSA) is 76.9 Å². The first-order valence-corrected chi connectivity index (χ1v) is 8.17. The summed E-state index contributed by atoms with van der Waals surface area (Å²) in [6.45, 7) is 0.186. The molecule has 27 heavy (non-hydrogen) atoms. The molecule has 1 aromatic heterocycles. The molecule has 0 atom stereocenters. The van der Waals surface area contributed by atoms with Crippen molar-refractivity contribution in [2.75, 3.05) is 28.4 Å². The lowest BCUT2D eigenvalue weighted by Crippen LogP contribution is -2.05. The largest absolute Gasteiger partial charge is 0.497 e. The smallest absolute Gasteiger partial charge is 0.130 e.